The summed E-state index contributed by atoms with van der Waals surface area (Å²) in [5.41, 5.74) is 4.73. The van der Waals surface area contributed by atoms with Crippen LogP contribution >= 0.6 is 0 Å². The monoisotopic (exact) mass is 692 g/mol. The van der Waals surface area contributed by atoms with E-state index < -0.39 is 11.1 Å². The maximum absolute atomic E-state index is 14.1. The van der Waals surface area contributed by atoms with Crippen LogP contribution in [0.2, 0.25) is 0 Å². The first kappa shape index (κ1) is 32.1. The van der Waals surface area contributed by atoms with Crippen LogP contribution in [0.4, 0.5) is 11.4 Å². The third-order valence-electron chi connectivity index (χ3n) is 11.5. The third kappa shape index (κ3) is 3.85. The molecule has 0 unspecified atom stereocenters. The van der Waals surface area contributed by atoms with Crippen LogP contribution in [0.1, 0.15) is 81.8 Å². The molecule has 5 aromatic carbocycles. The minimum Gasteiger partial charge on any atom is -0.456 e. The molecule has 262 valence electrons. The zero-order chi connectivity index (χ0) is 36.1. The zero-order valence-electron chi connectivity index (χ0n) is 29.6. The predicted octanol–water partition coefficient (Wildman–Crippen LogP) is 6.83. The Hall–Kier alpha value is -5.84. The minimum atomic E-state index is -1.26. The van der Waals surface area contributed by atoms with E-state index in [1.807, 2.05) is 84.9 Å². The summed E-state index contributed by atoms with van der Waals surface area (Å²) in [6.07, 6.45) is 0. The Morgan fingerprint density at radius 2 is 0.885 bits per heavy atom. The quantitative estimate of drug-likeness (QED) is 0.147. The Labute approximate surface area is 302 Å². The molecule has 4 heterocycles. The van der Waals surface area contributed by atoms with Crippen molar-refractivity contribution >= 4 is 23.2 Å². The molecule has 4 aliphatic heterocycles. The van der Waals surface area contributed by atoms with Crippen molar-refractivity contribution in [3.63, 3.8) is 0 Å². The van der Waals surface area contributed by atoms with Crippen molar-refractivity contribution in [2.75, 3.05) is 36.0 Å². The van der Waals surface area contributed by atoms with Gasteiger partial charge in [-0.15, -0.1) is 0 Å². The van der Waals surface area contributed by atoms with E-state index in [0.29, 0.717) is 45.3 Å². The smallest absolute Gasteiger partial charge is 0.269 e. The zero-order valence-corrected chi connectivity index (χ0v) is 29.6. The van der Waals surface area contributed by atoms with Crippen LogP contribution in [0.5, 0.6) is 23.0 Å². The molecule has 0 bridgehead atoms. The van der Waals surface area contributed by atoms with Gasteiger partial charge < -0.3 is 19.3 Å². The molecule has 4 aliphatic rings. The number of hydrogen-bond donors (Lipinski definition) is 2. The van der Waals surface area contributed by atoms with Gasteiger partial charge in [0.25, 0.3) is 11.8 Å². The number of carbonyl (C=O) groups excluding carboxylic acids is 2. The molecule has 0 aromatic heterocycles. The number of amides is 2. The lowest BCUT2D eigenvalue weighted by molar-refractivity contribution is 0.0662. The van der Waals surface area contributed by atoms with Gasteiger partial charge in [0.15, 0.2) is 0 Å². The van der Waals surface area contributed by atoms with Gasteiger partial charge in [-0.05, 0) is 58.0 Å². The number of carbonyl (C=O) groups is 2. The van der Waals surface area contributed by atoms with E-state index in [0.717, 1.165) is 59.8 Å². The summed E-state index contributed by atoms with van der Waals surface area (Å²) >= 11 is 0. The summed E-state index contributed by atoms with van der Waals surface area (Å²) in [6, 6.07) is 31.1. The topological polar surface area (TPSA) is 118 Å². The van der Waals surface area contributed by atoms with E-state index in [-0.39, 0.29) is 11.8 Å². The average molecular weight is 693 g/mol. The summed E-state index contributed by atoms with van der Waals surface area (Å²) in [4.78, 5) is 32.7. The van der Waals surface area contributed by atoms with Crippen LogP contribution in [-0.2, 0) is 11.1 Å². The average Bonchev–Trinajstić information content (AvgIpc) is 3.52. The lowest BCUT2D eigenvalue weighted by Gasteiger charge is -2.46. The molecule has 0 saturated carbocycles. The molecule has 9 rings (SSSR count). The molecule has 0 saturated heterocycles. The second kappa shape index (κ2) is 11.3. The highest BCUT2D eigenvalue weighted by molar-refractivity contribution is 6.03. The van der Waals surface area contributed by atoms with Gasteiger partial charge >= 0.3 is 0 Å². The van der Waals surface area contributed by atoms with Gasteiger partial charge in [0.2, 0.25) is 0 Å². The molecule has 0 fully saturated rings. The Bertz CT molecular complexity index is 2180. The van der Waals surface area contributed by atoms with Gasteiger partial charge in [-0.3, -0.25) is 19.6 Å². The lowest BCUT2D eigenvalue weighted by atomic mass is 9.70. The number of hydrazine groups is 2. The van der Waals surface area contributed by atoms with Crippen LogP contribution in [0.25, 0.3) is 0 Å². The molecular formula is C42H40N6O4. The molecular weight excluding hydrogens is 652 g/mol. The molecule has 0 radical (unpaired) electrons. The van der Waals surface area contributed by atoms with E-state index in [2.05, 4.69) is 49.6 Å². The van der Waals surface area contributed by atoms with Crippen LogP contribution < -0.4 is 31.0 Å². The molecule has 10 heteroatoms. The molecule has 0 aliphatic carbocycles. The molecule has 2 amide bonds. The minimum absolute atomic E-state index is 0.304. The molecule has 10 nitrogen and oxygen atoms in total. The fraction of sp³-hybridized carbons (Fsp3) is 0.238. The first-order valence-electron chi connectivity index (χ1n) is 18.0. The molecule has 5 aromatic rings. The molecule has 2 atom stereocenters. The Morgan fingerprint density at radius 3 is 1.29 bits per heavy atom. The van der Waals surface area contributed by atoms with Gasteiger partial charge in [-0.2, -0.15) is 0 Å². The molecule has 2 spiro atoms. The SMILES string of the molecule is CCN(CC)c1ccc2c(c1)Oc1cc3c(cc1[C@]21c2ccccc2C(=O)N1N)[C@]1(c2ccc(N(CC)CC)cc2O3)c2ccccc2C(=O)N1N. The van der Waals surface area contributed by atoms with Gasteiger partial charge in [-0.1, -0.05) is 48.5 Å². The van der Waals surface area contributed by atoms with E-state index in [9.17, 15) is 9.59 Å². The van der Waals surface area contributed by atoms with Gasteiger partial charge in [-0.25, -0.2) is 11.7 Å². The number of rotatable bonds is 6. The van der Waals surface area contributed by atoms with Gasteiger partial charge in [0.1, 0.15) is 34.1 Å². The highest BCUT2D eigenvalue weighted by Crippen LogP contribution is 2.62. The summed E-state index contributed by atoms with van der Waals surface area (Å²) in [6.45, 7) is 11.7. The van der Waals surface area contributed by atoms with Crippen LogP contribution in [0.3, 0.4) is 0 Å². The summed E-state index contributed by atoms with van der Waals surface area (Å²) in [7, 11) is 0. The van der Waals surface area contributed by atoms with Crippen molar-refractivity contribution in [3.05, 3.63) is 142 Å². The van der Waals surface area contributed by atoms with Crippen LogP contribution in [0.15, 0.2) is 97.1 Å². The summed E-state index contributed by atoms with van der Waals surface area (Å²) in [5.74, 6) is 15.6. The number of ether oxygens (including phenoxy) is 2. The summed E-state index contributed by atoms with van der Waals surface area (Å²) < 4.78 is 13.7. The maximum Gasteiger partial charge on any atom is 0.269 e. The molecule has 52 heavy (non-hydrogen) atoms. The maximum atomic E-state index is 14.1. The fourth-order valence-electron chi connectivity index (χ4n) is 9.08. The van der Waals surface area contributed by atoms with Gasteiger partial charge in [0, 0.05) is 100 Å². The molecule has 4 N–H and O–H groups in total. The van der Waals surface area contributed by atoms with Crippen molar-refractivity contribution in [1.29, 1.82) is 0 Å². The first-order valence-corrected chi connectivity index (χ1v) is 18.0. The van der Waals surface area contributed by atoms with Crippen molar-refractivity contribution in [3.8, 4) is 23.0 Å². The van der Waals surface area contributed by atoms with Crippen molar-refractivity contribution in [1.82, 2.24) is 10.0 Å². The van der Waals surface area contributed by atoms with E-state index in [1.54, 1.807) is 0 Å². The normalized spacial score (nSPS) is 20.1. The number of fused-ring (bicyclic) bond motifs is 12. The van der Waals surface area contributed by atoms with E-state index in [1.165, 1.54) is 10.0 Å². The van der Waals surface area contributed by atoms with Crippen molar-refractivity contribution in [2.24, 2.45) is 11.7 Å². The third-order valence-corrected chi connectivity index (χ3v) is 11.5. The largest absolute Gasteiger partial charge is 0.456 e. The van der Waals surface area contributed by atoms with E-state index >= 15 is 0 Å². The summed E-state index contributed by atoms with van der Waals surface area (Å²) in [5, 5.41) is 2.66. The van der Waals surface area contributed by atoms with Crippen molar-refractivity contribution < 1.29 is 19.1 Å². The number of nitrogens with zero attached hydrogens (tertiary/aromatic N) is 4. The number of hydrogen-bond acceptors (Lipinski definition) is 8. The van der Waals surface area contributed by atoms with Gasteiger partial charge in [0.05, 0.1) is 0 Å². The van der Waals surface area contributed by atoms with E-state index in [4.69, 9.17) is 21.2 Å². The Kier molecular flexibility index (Phi) is 6.99. The Morgan fingerprint density at radius 1 is 0.500 bits per heavy atom. The number of benzene rings is 5. The Balaban J connectivity index is 1.37. The fourth-order valence-corrected chi connectivity index (χ4v) is 9.08. The second-order valence-electron chi connectivity index (χ2n) is 13.6. The van der Waals surface area contributed by atoms with Crippen molar-refractivity contribution in [2.45, 2.75) is 38.8 Å². The number of nitrogens with two attached hydrogens (primary N) is 2. The first-order chi connectivity index (χ1) is 25.2. The highest BCUT2D eigenvalue weighted by Gasteiger charge is 2.60. The van der Waals surface area contributed by atoms with Crippen LogP contribution in [0, 0.1) is 0 Å². The van der Waals surface area contributed by atoms with Crippen LogP contribution in [-0.4, -0.2) is 48.0 Å². The lowest BCUT2D eigenvalue weighted by Crippen LogP contribution is -2.53. The highest BCUT2D eigenvalue weighted by atomic mass is 16.5. The predicted molar refractivity (Wildman–Crippen MR) is 200 cm³/mol. The second-order valence-corrected chi connectivity index (χ2v) is 13.6. The standard InChI is InChI=1S/C42H40N6O4/c1-5-45(6-2)25-17-19-31-35(21-25)51-37-24-38-34(23-33(37)41(31)29-15-11-9-13-27(29)39(49)47(41)43)42(30-16-12-10-14-28(30)40(50)48(42)44)32-20-18-26(22-36(32)52-38)46(7-3)8-4/h9-24H,5-8,43-44H2,1-4H3/t41-,42+. The number of anilines is 2.